The van der Waals surface area contributed by atoms with E-state index in [1.807, 2.05) is 18.2 Å². The Morgan fingerprint density at radius 2 is 1.85 bits per heavy atom. The summed E-state index contributed by atoms with van der Waals surface area (Å²) in [5, 5.41) is 20.3. The summed E-state index contributed by atoms with van der Waals surface area (Å²) < 4.78 is 0. The summed E-state index contributed by atoms with van der Waals surface area (Å²) in [6.45, 7) is 0. The van der Waals surface area contributed by atoms with Gasteiger partial charge in [-0.3, -0.25) is 14.9 Å². The van der Waals surface area contributed by atoms with Gasteiger partial charge in [-0.15, -0.1) is 10.2 Å². The molecule has 8 heteroatoms. The van der Waals surface area contributed by atoms with Crippen LogP contribution < -0.4 is 0 Å². The van der Waals surface area contributed by atoms with Gasteiger partial charge in [0, 0.05) is 28.3 Å². The van der Waals surface area contributed by atoms with Crippen LogP contribution >= 0.6 is 23.4 Å². The van der Waals surface area contributed by atoms with E-state index >= 15 is 0 Å². The van der Waals surface area contributed by atoms with Crippen LogP contribution in [-0.2, 0) is 0 Å². The summed E-state index contributed by atoms with van der Waals surface area (Å²) in [5.41, 5.74) is 1.80. The maximum Gasteiger partial charge on any atom is 0.270 e. The highest BCUT2D eigenvalue weighted by molar-refractivity contribution is 7.99. The predicted molar refractivity (Wildman–Crippen MR) is 101 cm³/mol. The number of hydrogen-bond acceptors (Lipinski definition) is 6. The zero-order chi connectivity index (χ0) is 18.5. The van der Waals surface area contributed by atoms with Gasteiger partial charge in [0.25, 0.3) is 5.69 Å². The van der Waals surface area contributed by atoms with Crippen LogP contribution in [0, 0.1) is 10.1 Å². The van der Waals surface area contributed by atoms with E-state index in [0.29, 0.717) is 21.3 Å². The number of rotatable bonds is 6. The van der Waals surface area contributed by atoms with Crippen molar-refractivity contribution in [1.29, 1.82) is 0 Å². The molecule has 1 heterocycles. The van der Waals surface area contributed by atoms with Crippen molar-refractivity contribution in [2.75, 3.05) is 5.75 Å². The first-order chi connectivity index (χ1) is 12.5. The second-order valence-electron chi connectivity index (χ2n) is 5.28. The number of halogens is 1. The molecule has 0 saturated heterocycles. The lowest BCUT2D eigenvalue weighted by Gasteiger charge is -2.03. The van der Waals surface area contributed by atoms with Crippen molar-refractivity contribution in [3.63, 3.8) is 0 Å². The van der Waals surface area contributed by atoms with Crippen molar-refractivity contribution in [2.24, 2.45) is 0 Å². The van der Waals surface area contributed by atoms with Gasteiger partial charge in [0.15, 0.2) is 5.78 Å². The van der Waals surface area contributed by atoms with Gasteiger partial charge in [0.1, 0.15) is 5.03 Å². The minimum atomic E-state index is -0.523. The second-order valence-corrected chi connectivity index (χ2v) is 6.72. The van der Waals surface area contributed by atoms with Crippen molar-refractivity contribution >= 4 is 34.8 Å². The molecule has 0 radical (unpaired) electrons. The van der Waals surface area contributed by atoms with Crippen molar-refractivity contribution in [3.05, 3.63) is 81.4 Å². The van der Waals surface area contributed by atoms with E-state index in [9.17, 15) is 14.9 Å². The molecule has 1 aromatic heterocycles. The van der Waals surface area contributed by atoms with Gasteiger partial charge in [0.2, 0.25) is 0 Å². The Hall–Kier alpha value is -2.77. The molecule has 0 spiro atoms. The fourth-order valence-corrected chi connectivity index (χ4v) is 3.02. The van der Waals surface area contributed by atoms with Crippen molar-refractivity contribution in [2.45, 2.75) is 5.03 Å². The van der Waals surface area contributed by atoms with E-state index in [4.69, 9.17) is 11.6 Å². The number of nitro benzene ring substituents is 1. The standard InChI is InChI=1S/C18H12ClN3O3S/c19-14-6-4-12(5-7-14)16-8-9-18(21-20-16)26-11-17(23)13-2-1-3-15(10-13)22(24)25/h1-10H,11H2. The van der Waals surface area contributed by atoms with Crippen LogP contribution in [0.5, 0.6) is 0 Å². The first-order valence-electron chi connectivity index (χ1n) is 7.53. The molecule has 0 N–H and O–H groups in total. The van der Waals surface area contributed by atoms with Crippen LogP contribution in [0.15, 0.2) is 65.7 Å². The monoisotopic (exact) mass is 385 g/mol. The molecule has 0 aliphatic carbocycles. The van der Waals surface area contributed by atoms with Gasteiger partial charge < -0.3 is 0 Å². The first kappa shape index (κ1) is 18.0. The zero-order valence-electron chi connectivity index (χ0n) is 13.3. The highest BCUT2D eigenvalue weighted by Gasteiger charge is 2.12. The average molecular weight is 386 g/mol. The van der Waals surface area contributed by atoms with Gasteiger partial charge in [0.05, 0.1) is 16.4 Å². The van der Waals surface area contributed by atoms with Crippen molar-refractivity contribution in [1.82, 2.24) is 10.2 Å². The van der Waals surface area contributed by atoms with Crippen LogP contribution in [0.2, 0.25) is 5.02 Å². The molecule has 0 unspecified atom stereocenters. The van der Waals surface area contributed by atoms with Crippen LogP contribution in [0.3, 0.4) is 0 Å². The maximum atomic E-state index is 12.2. The maximum absolute atomic E-state index is 12.2. The summed E-state index contributed by atoms with van der Waals surface area (Å²) in [5.74, 6) is -0.0851. The minimum absolute atomic E-state index is 0.104. The summed E-state index contributed by atoms with van der Waals surface area (Å²) in [4.78, 5) is 22.5. The number of benzene rings is 2. The number of nitro groups is 1. The Bertz CT molecular complexity index is 947. The predicted octanol–water partition coefficient (Wildman–Crippen LogP) is 4.68. The van der Waals surface area contributed by atoms with Crippen LogP contribution in [0.4, 0.5) is 5.69 Å². The highest BCUT2D eigenvalue weighted by Crippen LogP contribution is 2.22. The highest BCUT2D eigenvalue weighted by atomic mass is 35.5. The largest absolute Gasteiger partial charge is 0.293 e. The Labute approximate surface area is 158 Å². The van der Waals surface area contributed by atoms with E-state index in [2.05, 4.69) is 10.2 Å². The van der Waals surface area contributed by atoms with Crippen LogP contribution in [-0.4, -0.2) is 26.7 Å². The molecule has 130 valence electrons. The summed E-state index contributed by atoms with van der Waals surface area (Å²) in [7, 11) is 0. The lowest BCUT2D eigenvalue weighted by Crippen LogP contribution is -2.03. The second kappa shape index (κ2) is 8.07. The molecular weight excluding hydrogens is 374 g/mol. The number of nitrogens with zero attached hydrogens (tertiary/aromatic N) is 3. The zero-order valence-corrected chi connectivity index (χ0v) is 14.9. The van der Waals surface area contributed by atoms with Gasteiger partial charge in [-0.1, -0.05) is 47.6 Å². The number of carbonyl (C=O) groups is 1. The fraction of sp³-hybridized carbons (Fsp3) is 0.0556. The number of hydrogen-bond donors (Lipinski definition) is 0. The Morgan fingerprint density at radius 3 is 2.50 bits per heavy atom. The van der Waals surface area contributed by atoms with Gasteiger partial charge in [-0.2, -0.15) is 0 Å². The number of carbonyl (C=O) groups excluding carboxylic acids is 1. The normalized spacial score (nSPS) is 10.5. The summed E-state index contributed by atoms with van der Waals surface area (Å²) in [6.07, 6.45) is 0. The average Bonchev–Trinajstić information content (AvgIpc) is 2.67. The molecule has 6 nitrogen and oxygen atoms in total. The molecular formula is C18H12ClN3O3S. The quantitative estimate of drug-likeness (QED) is 0.265. The molecule has 0 fully saturated rings. The third-order valence-corrected chi connectivity index (χ3v) is 4.68. The smallest absolute Gasteiger partial charge is 0.270 e. The molecule has 0 aliphatic heterocycles. The van der Waals surface area contributed by atoms with Crippen LogP contribution in [0.1, 0.15) is 10.4 Å². The van der Waals surface area contributed by atoms with Gasteiger partial charge >= 0.3 is 0 Å². The summed E-state index contributed by atoms with van der Waals surface area (Å²) in [6, 6.07) is 16.5. The van der Waals surface area contributed by atoms with Gasteiger partial charge in [-0.05, 0) is 24.3 Å². The molecule has 0 bridgehead atoms. The van der Waals surface area contributed by atoms with E-state index in [-0.39, 0.29) is 17.2 Å². The molecule has 3 rings (SSSR count). The SMILES string of the molecule is O=C(CSc1ccc(-c2ccc(Cl)cc2)nn1)c1cccc([N+](=O)[O-])c1. The lowest BCUT2D eigenvalue weighted by molar-refractivity contribution is -0.384. The van der Waals surface area contributed by atoms with E-state index in [1.54, 1.807) is 24.3 Å². The van der Waals surface area contributed by atoms with Crippen LogP contribution in [0.25, 0.3) is 11.3 Å². The Kier molecular flexibility index (Phi) is 5.60. The van der Waals surface area contributed by atoms with E-state index in [1.165, 1.54) is 30.0 Å². The first-order valence-corrected chi connectivity index (χ1v) is 8.89. The van der Waals surface area contributed by atoms with Gasteiger partial charge in [-0.25, -0.2) is 0 Å². The Morgan fingerprint density at radius 1 is 1.08 bits per heavy atom. The van der Waals surface area contributed by atoms with Crippen molar-refractivity contribution < 1.29 is 9.72 Å². The molecule has 0 saturated carbocycles. The molecule has 2 aromatic carbocycles. The van der Waals surface area contributed by atoms with E-state index in [0.717, 1.165) is 5.56 Å². The molecule has 0 amide bonds. The number of Topliss-reactive ketones (excluding diaryl/α,β-unsaturated/α-hetero) is 1. The molecule has 26 heavy (non-hydrogen) atoms. The minimum Gasteiger partial charge on any atom is -0.293 e. The molecule has 0 atom stereocenters. The number of ketones is 1. The third-order valence-electron chi connectivity index (χ3n) is 3.51. The van der Waals surface area contributed by atoms with E-state index < -0.39 is 4.92 Å². The molecule has 3 aromatic rings. The summed E-state index contributed by atoms with van der Waals surface area (Å²) >= 11 is 7.09. The number of aromatic nitrogens is 2. The lowest BCUT2D eigenvalue weighted by atomic mass is 10.1. The van der Waals surface area contributed by atoms with Crippen molar-refractivity contribution in [3.8, 4) is 11.3 Å². The number of thioether (sulfide) groups is 1. The topological polar surface area (TPSA) is 86.0 Å². The number of non-ortho nitro benzene ring substituents is 1. The Balaban J connectivity index is 1.64. The molecule has 0 aliphatic rings. The third kappa shape index (κ3) is 4.44. The fourth-order valence-electron chi connectivity index (χ4n) is 2.19.